The van der Waals surface area contributed by atoms with E-state index in [0.717, 1.165) is 4.41 Å². The van der Waals surface area contributed by atoms with Gasteiger partial charge in [-0.25, -0.2) is 12.8 Å². The number of hydrazone groups is 1. The molecule has 3 aromatic rings. The predicted molar refractivity (Wildman–Crippen MR) is 125 cm³/mol. The molecule has 4 rings (SSSR count). The number of nitrogens with zero attached hydrogens (tertiary/aromatic N) is 2. The van der Waals surface area contributed by atoms with Gasteiger partial charge in [-0.3, -0.25) is 4.72 Å². The van der Waals surface area contributed by atoms with Gasteiger partial charge in [0.25, 0.3) is 10.0 Å². The lowest BCUT2D eigenvalue weighted by Crippen LogP contribution is -2.27. The number of para-hydroxylation sites is 1. The van der Waals surface area contributed by atoms with Crippen LogP contribution in [0.2, 0.25) is 0 Å². The van der Waals surface area contributed by atoms with Crippen molar-refractivity contribution in [1.29, 1.82) is 0 Å². The topological polar surface area (TPSA) is 95.9 Å². The Labute approximate surface area is 192 Å². The monoisotopic (exact) mass is 487 g/mol. The molecule has 0 aliphatic carbocycles. The molecular formula is C23H22FN3O4S2. The molecule has 1 aliphatic rings. The lowest BCUT2D eigenvalue weighted by molar-refractivity contribution is 0.370. The Morgan fingerprint density at radius 3 is 2.36 bits per heavy atom. The van der Waals surface area contributed by atoms with Crippen LogP contribution in [-0.2, 0) is 20.0 Å². The molecule has 0 saturated heterocycles. The summed E-state index contributed by atoms with van der Waals surface area (Å²) in [6.07, 6.45) is 0.139. The average molecular weight is 488 g/mol. The summed E-state index contributed by atoms with van der Waals surface area (Å²) in [6, 6.07) is 19.4. The molecule has 33 heavy (non-hydrogen) atoms. The zero-order valence-electron chi connectivity index (χ0n) is 17.7. The molecular weight excluding hydrogens is 465 g/mol. The van der Waals surface area contributed by atoms with Crippen LogP contribution in [0.1, 0.15) is 30.5 Å². The largest absolute Gasteiger partial charge is 0.283 e. The quantitative estimate of drug-likeness (QED) is 0.542. The molecule has 0 spiro atoms. The van der Waals surface area contributed by atoms with Crippen LogP contribution in [0.3, 0.4) is 0 Å². The Morgan fingerprint density at radius 2 is 1.67 bits per heavy atom. The Balaban J connectivity index is 1.83. The fourth-order valence-electron chi connectivity index (χ4n) is 3.60. The number of rotatable bonds is 7. The maximum Gasteiger partial charge on any atom is 0.279 e. The summed E-state index contributed by atoms with van der Waals surface area (Å²) in [5.41, 5.74) is 1.58. The number of halogens is 1. The molecule has 1 atom stereocenters. The molecule has 1 N–H and O–H groups in total. The van der Waals surface area contributed by atoms with E-state index in [0.29, 0.717) is 22.5 Å². The van der Waals surface area contributed by atoms with E-state index in [-0.39, 0.29) is 17.1 Å². The standard InChI is InChI=1S/C23H22FN3O4S2/c1-2-32(28,29)26-21-14-7-6-13-20(21)22-16-23(17-9-8-10-18(24)15-17)27(25-22)33(30,31)19-11-4-3-5-12-19/h3-15,23,26H,2,16H2,1H3/t23-/m0/s1. The van der Waals surface area contributed by atoms with Crippen molar-refractivity contribution in [2.24, 2.45) is 5.10 Å². The number of hydrogen-bond acceptors (Lipinski definition) is 5. The number of sulfonamides is 2. The summed E-state index contributed by atoms with van der Waals surface area (Å²) >= 11 is 0. The molecule has 7 nitrogen and oxygen atoms in total. The van der Waals surface area contributed by atoms with E-state index < -0.39 is 31.9 Å². The van der Waals surface area contributed by atoms with Crippen LogP contribution in [0.15, 0.2) is 88.9 Å². The van der Waals surface area contributed by atoms with E-state index in [1.807, 2.05) is 0 Å². The van der Waals surface area contributed by atoms with Crippen molar-refractivity contribution >= 4 is 31.4 Å². The third-order valence-corrected chi connectivity index (χ3v) is 8.26. The smallest absolute Gasteiger partial charge is 0.279 e. The van der Waals surface area contributed by atoms with E-state index in [1.54, 1.807) is 48.5 Å². The van der Waals surface area contributed by atoms with Gasteiger partial charge < -0.3 is 0 Å². The molecule has 10 heteroatoms. The lowest BCUT2D eigenvalue weighted by Gasteiger charge is -2.23. The minimum absolute atomic E-state index is 0.0522. The highest BCUT2D eigenvalue weighted by atomic mass is 32.2. The molecule has 3 aromatic carbocycles. The molecule has 0 unspecified atom stereocenters. The van der Waals surface area contributed by atoms with Gasteiger partial charge >= 0.3 is 0 Å². The summed E-state index contributed by atoms with van der Waals surface area (Å²) in [7, 11) is -7.62. The van der Waals surface area contributed by atoms with Crippen molar-refractivity contribution in [3.05, 3.63) is 95.8 Å². The van der Waals surface area contributed by atoms with Crippen LogP contribution in [0.5, 0.6) is 0 Å². The van der Waals surface area contributed by atoms with Crippen molar-refractivity contribution in [1.82, 2.24) is 4.41 Å². The van der Waals surface area contributed by atoms with Gasteiger partial charge in [0.2, 0.25) is 10.0 Å². The van der Waals surface area contributed by atoms with Gasteiger partial charge in [-0.2, -0.15) is 17.9 Å². The van der Waals surface area contributed by atoms with Crippen LogP contribution in [-0.4, -0.2) is 32.7 Å². The normalized spacial score (nSPS) is 16.5. The van der Waals surface area contributed by atoms with E-state index in [1.165, 1.54) is 37.3 Å². The van der Waals surface area contributed by atoms with Gasteiger partial charge in [0.15, 0.2) is 0 Å². The Hall–Kier alpha value is -3.24. The van der Waals surface area contributed by atoms with Crippen LogP contribution >= 0.6 is 0 Å². The van der Waals surface area contributed by atoms with Gasteiger partial charge in [0.05, 0.1) is 28.1 Å². The lowest BCUT2D eigenvalue weighted by atomic mass is 9.98. The summed E-state index contributed by atoms with van der Waals surface area (Å²) in [5.74, 6) is -0.608. The average Bonchev–Trinajstić information content (AvgIpc) is 3.26. The minimum Gasteiger partial charge on any atom is -0.283 e. The highest BCUT2D eigenvalue weighted by molar-refractivity contribution is 7.92. The Bertz CT molecular complexity index is 1410. The molecule has 0 fully saturated rings. The minimum atomic E-state index is -4.06. The van der Waals surface area contributed by atoms with Crippen LogP contribution in [0, 0.1) is 5.82 Å². The highest BCUT2D eigenvalue weighted by Gasteiger charge is 2.38. The fraction of sp³-hybridized carbons (Fsp3) is 0.174. The van der Waals surface area contributed by atoms with Crippen LogP contribution < -0.4 is 4.72 Å². The van der Waals surface area contributed by atoms with Gasteiger partial charge in [-0.15, -0.1) is 0 Å². The van der Waals surface area contributed by atoms with E-state index >= 15 is 0 Å². The van der Waals surface area contributed by atoms with E-state index in [4.69, 9.17) is 0 Å². The molecule has 0 saturated carbocycles. The highest BCUT2D eigenvalue weighted by Crippen LogP contribution is 2.38. The summed E-state index contributed by atoms with van der Waals surface area (Å²) < 4.78 is 68.7. The summed E-state index contributed by atoms with van der Waals surface area (Å²) in [4.78, 5) is 0.0522. The molecule has 1 aliphatic heterocycles. The Morgan fingerprint density at radius 1 is 0.970 bits per heavy atom. The third-order valence-electron chi connectivity index (χ3n) is 5.28. The second kappa shape index (κ2) is 8.95. The second-order valence-electron chi connectivity index (χ2n) is 7.46. The first-order valence-corrected chi connectivity index (χ1v) is 13.3. The van der Waals surface area contributed by atoms with Crippen molar-refractivity contribution in [2.45, 2.75) is 24.3 Å². The SMILES string of the molecule is CCS(=O)(=O)Nc1ccccc1C1=NN(S(=O)(=O)c2ccccc2)[C@H](c2cccc(F)c2)C1. The van der Waals surface area contributed by atoms with Crippen LogP contribution in [0.4, 0.5) is 10.1 Å². The maximum absolute atomic E-state index is 14.0. The first kappa shape index (κ1) is 22.9. The summed E-state index contributed by atoms with van der Waals surface area (Å²) in [5, 5.41) is 4.42. The predicted octanol–water partition coefficient (Wildman–Crippen LogP) is 4.13. The first-order chi connectivity index (χ1) is 15.7. The Kier molecular flexibility index (Phi) is 6.22. The van der Waals surface area contributed by atoms with Crippen molar-refractivity contribution in [2.75, 3.05) is 10.5 Å². The number of anilines is 1. The van der Waals surface area contributed by atoms with Gasteiger partial charge in [-0.1, -0.05) is 48.5 Å². The summed E-state index contributed by atoms with van der Waals surface area (Å²) in [6.45, 7) is 1.52. The van der Waals surface area contributed by atoms with E-state index in [2.05, 4.69) is 9.82 Å². The van der Waals surface area contributed by atoms with Crippen LogP contribution in [0.25, 0.3) is 0 Å². The third kappa shape index (κ3) is 4.76. The molecule has 0 amide bonds. The number of benzene rings is 3. The molecule has 0 bridgehead atoms. The zero-order valence-corrected chi connectivity index (χ0v) is 19.4. The van der Waals surface area contributed by atoms with Gasteiger partial charge in [0, 0.05) is 12.0 Å². The molecule has 172 valence electrons. The first-order valence-electron chi connectivity index (χ1n) is 10.2. The number of nitrogens with one attached hydrogen (secondary N) is 1. The van der Waals surface area contributed by atoms with Crippen molar-refractivity contribution in [3.8, 4) is 0 Å². The van der Waals surface area contributed by atoms with Crippen molar-refractivity contribution in [3.63, 3.8) is 0 Å². The maximum atomic E-state index is 14.0. The van der Waals surface area contributed by atoms with Crippen molar-refractivity contribution < 1.29 is 21.2 Å². The molecule has 0 aromatic heterocycles. The fourth-order valence-corrected chi connectivity index (χ4v) is 5.71. The second-order valence-corrected chi connectivity index (χ2v) is 11.3. The number of hydrogen-bond donors (Lipinski definition) is 1. The van der Waals surface area contributed by atoms with E-state index in [9.17, 15) is 21.2 Å². The zero-order chi connectivity index (χ0) is 23.6. The van der Waals surface area contributed by atoms with Gasteiger partial charge in [0.1, 0.15) is 5.82 Å². The molecule has 1 heterocycles. The van der Waals surface area contributed by atoms with Gasteiger partial charge in [-0.05, 0) is 42.8 Å². The molecule has 0 radical (unpaired) electrons.